The fourth-order valence-corrected chi connectivity index (χ4v) is 2.72. The van der Waals surface area contributed by atoms with Crippen LogP contribution in [0, 0.1) is 0 Å². The second kappa shape index (κ2) is 5.05. The van der Waals surface area contributed by atoms with Gasteiger partial charge in [-0.1, -0.05) is 18.2 Å². The molecule has 100 valence electrons. The fourth-order valence-electron chi connectivity index (χ4n) is 2.72. The molecule has 0 fully saturated rings. The third-order valence-electron chi connectivity index (χ3n) is 3.68. The molecule has 1 aromatic carbocycles. The lowest BCUT2D eigenvalue weighted by Crippen LogP contribution is -2.23. The van der Waals surface area contributed by atoms with Gasteiger partial charge in [0.05, 0.1) is 12.6 Å². The fraction of sp³-hybridized carbons (Fsp3) is 0.400. The van der Waals surface area contributed by atoms with Gasteiger partial charge >= 0.3 is 0 Å². The first-order valence-electron chi connectivity index (χ1n) is 6.70. The molecule has 2 heterocycles. The average Bonchev–Trinajstić information content (AvgIpc) is 2.86. The highest BCUT2D eigenvalue weighted by molar-refractivity contribution is 5.46. The summed E-state index contributed by atoms with van der Waals surface area (Å²) in [5.74, 6) is 2.04. The molecule has 2 aromatic rings. The number of imidazole rings is 1. The number of fused-ring (bicyclic) bond motifs is 1. The van der Waals surface area contributed by atoms with Crippen molar-refractivity contribution in [1.82, 2.24) is 14.9 Å². The van der Waals surface area contributed by atoms with Gasteiger partial charge in [0.15, 0.2) is 0 Å². The lowest BCUT2D eigenvalue weighted by atomic mass is 9.97. The third kappa shape index (κ3) is 2.12. The number of hydrogen-bond acceptors (Lipinski definition) is 3. The number of benzene rings is 1. The highest BCUT2D eigenvalue weighted by Gasteiger charge is 2.23. The monoisotopic (exact) mass is 257 g/mol. The van der Waals surface area contributed by atoms with Gasteiger partial charge in [0, 0.05) is 25.0 Å². The van der Waals surface area contributed by atoms with Crippen LogP contribution in [0.15, 0.2) is 30.6 Å². The second-order valence-corrected chi connectivity index (χ2v) is 4.91. The van der Waals surface area contributed by atoms with Gasteiger partial charge in [-0.2, -0.15) is 0 Å². The highest BCUT2D eigenvalue weighted by atomic mass is 16.5. The van der Waals surface area contributed by atoms with Crippen LogP contribution in [0.25, 0.3) is 0 Å². The summed E-state index contributed by atoms with van der Waals surface area (Å²) in [6.45, 7) is 0.807. The van der Waals surface area contributed by atoms with Crippen molar-refractivity contribution in [1.29, 1.82) is 0 Å². The minimum Gasteiger partial charge on any atom is -0.493 e. The molecule has 19 heavy (non-hydrogen) atoms. The molecule has 0 amide bonds. The molecule has 0 saturated carbocycles. The van der Waals surface area contributed by atoms with E-state index in [9.17, 15) is 0 Å². The minimum absolute atomic E-state index is 0.0630. The molecule has 1 aliphatic rings. The smallest absolute Gasteiger partial charge is 0.130 e. The molecule has 3 rings (SSSR count). The Bertz CT molecular complexity index is 577. The summed E-state index contributed by atoms with van der Waals surface area (Å²) in [6.07, 6.45) is 6.00. The summed E-state index contributed by atoms with van der Waals surface area (Å²) >= 11 is 0. The maximum atomic E-state index is 5.90. The zero-order chi connectivity index (χ0) is 13.2. The van der Waals surface area contributed by atoms with Crippen LogP contribution in [0.4, 0.5) is 0 Å². The second-order valence-electron chi connectivity index (χ2n) is 4.91. The Balaban J connectivity index is 2.07. The molecule has 1 aliphatic heterocycles. The molecule has 0 saturated heterocycles. The third-order valence-corrected chi connectivity index (χ3v) is 3.68. The standard InChI is InChI=1S/C15H19N3O/c1-16-13(15-17-8-9-18(15)2)12-7-3-5-11-6-4-10-19-14(11)12/h3,5,7-9,13,16H,4,6,10H2,1-2H3. The maximum Gasteiger partial charge on any atom is 0.130 e. The predicted octanol–water partition coefficient (Wildman–Crippen LogP) is 2.05. The van der Waals surface area contributed by atoms with E-state index in [2.05, 4.69) is 28.5 Å². The quantitative estimate of drug-likeness (QED) is 0.914. The number of rotatable bonds is 3. The number of nitrogens with one attached hydrogen (secondary N) is 1. The highest BCUT2D eigenvalue weighted by Crippen LogP contribution is 2.34. The van der Waals surface area contributed by atoms with Crippen molar-refractivity contribution in [3.8, 4) is 5.75 Å². The Labute approximate surface area is 113 Å². The van der Waals surface area contributed by atoms with Gasteiger partial charge in [-0.3, -0.25) is 0 Å². The van der Waals surface area contributed by atoms with Crippen LogP contribution in [0.5, 0.6) is 5.75 Å². The summed E-state index contributed by atoms with van der Waals surface area (Å²) in [5, 5.41) is 3.35. The van der Waals surface area contributed by atoms with Crippen molar-refractivity contribution in [3.63, 3.8) is 0 Å². The van der Waals surface area contributed by atoms with E-state index in [1.165, 1.54) is 11.1 Å². The largest absolute Gasteiger partial charge is 0.493 e. The summed E-state index contributed by atoms with van der Waals surface area (Å²) in [4.78, 5) is 4.46. The Hall–Kier alpha value is -1.81. The van der Waals surface area contributed by atoms with Gasteiger partial charge in [-0.05, 0) is 25.5 Å². The van der Waals surface area contributed by atoms with E-state index in [0.29, 0.717) is 0 Å². The number of hydrogen-bond donors (Lipinski definition) is 1. The molecule has 1 aromatic heterocycles. The Kier molecular flexibility index (Phi) is 3.25. The van der Waals surface area contributed by atoms with E-state index in [4.69, 9.17) is 4.74 Å². The molecule has 0 radical (unpaired) electrons. The van der Waals surface area contributed by atoms with Crippen molar-refractivity contribution in [2.75, 3.05) is 13.7 Å². The summed E-state index contributed by atoms with van der Waals surface area (Å²) in [7, 11) is 3.98. The molecule has 1 atom stereocenters. The molecule has 0 spiro atoms. The topological polar surface area (TPSA) is 39.1 Å². The first-order valence-corrected chi connectivity index (χ1v) is 6.70. The van der Waals surface area contributed by atoms with Crippen molar-refractivity contribution < 1.29 is 4.74 Å². The van der Waals surface area contributed by atoms with Gasteiger partial charge in [0.2, 0.25) is 0 Å². The number of nitrogens with zero attached hydrogens (tertiary/aromatic N) is 2. The lowest BCUT2D eigenvalue weighted by molar-refractivity contribution is 0.283. The number of aryl methyl sites for hydroxylation is 2. The summed E-state index contributed by atoms with van der Waals surface area (Å²) < 4.78 is 7.94. The van der Waals surface area contributed by atoms with Crippen LogP contribution in [0.2, 0.25) is 0 Å². The van der Waals surface area contributed by atoms with Crippen LogP contribution >= 0.6 is 0 Å². The Morgan fingerprint density at radius 3 is 3.05 bits per heavy atom. The van der Waals surface area contributed by atoms with Crippen molar-refractivity contribution in [2.24, 2.45) is 7.05 Å². The SMILES string of the molecule is CNC(c1cccc2c1OCCC2)c1nccn1C. The zero-order valence-electron chi connectivity index (χ0n) is 11.4. The van der Waals surface area contributed by atoms with Gasteiger partial charge in [0.1, 0.15) is 11.6 Å². The molecule has 1 unspecified atom stereocenters. The van der Waals surface area contributed by atoms with E-state index in [1.54, 1.807) is 0 Å². The Morgan fingerprint density at radius 1 is 1.42 bits per heavy atom. The van der Waals surface area contributed by atoms with Gasteiger partial charge in [-0.15, -0.1) is 0 Å². The number of para-hydroxylation sites is 1. The maximum absolute atomic E-state index is 5.90. The van der Waals surface area contributed by atoms with Gasteiger partial charge < -0.3 is 14.6 Å². The van der Waals surface area contributed by atoms with Crippen LogP contribution in [0.3, 0.4) is 0 Å². The van der Waals surface area contributed by atoms with Crippen molar-refractivity contribution in [3.05, 3.63) is 47.5 Å². The van der Waals surface area contributed by atoms with E-state index in [-0.39, 0.29) is 6.04 Å². The van der Waals surface area contributed by atoms with Gasteiger partial charge in [-0.25, -0.2) is 4.98 Å². The van der Waals surface area contributed by atoms with Crippen LogP contribution < -0.4 is 10.1 Å². The molecule has 4 heteroatoms. The molecular formula is C15H19N3O. The molecule has 0 bridgehead atoms. The van der Waals surface area contributed by atoms with Crippen LogP contribution in [-0.2, 0) is 13.5 Å². The predicted molar refractivity (Wildman–Crippen MR) is 74.4 cm³/mol. The van der Waals surface area contributed by atoms with Gasteiger partial charge in [0.25, 0.3) is 0 Å². The molecule has 4 nitrogen and oxygen atoms in total. The van der Waals surface area contributed by atoms with Crippen LogP contribution in [-0.4, -0.2) is 23.2 Å². The number of ether oxygens (including phenoxy) is 1. The van der Waals surface area contributed by atoms with E-state index in [0.717, 1.165) is 31.0 Å². The number of aromatic nitrogens is 2. The molecule has 1 N–H and O–H groups in total. The van der Waals surface area contributed by atoms with E-state index in [1.807, 2.05) is 31.1 Å². The minimum atomic E-state index is 0.0630. The first kappa shape index (κ1) is 12.2. The van der Waals surface area contributed by atoms with E-state index < -0.39 is 0 Å². The normalized spacial score (nSPS) is 15.7. The summed E-state index contributed by atoms with van der Waals surface area (Å²) in [6, 6.07) is 6.45. The molecule has 0 aliphatic carbocycles. The molecular weight excluding hydrogens is 238 g/mol. The van der Waals surface area contributed by atoms with Crippen LogP contribution in [0.1, 0.15) is 29.4 Å². The van der Waals surface area contributed by atoms with Crippen molar-refractivity contribution in [2.45, 2.75) is 18.9 Å². The lowest BCUT2D eigenvalue weighted by Gasteiger charge is -2.24. The average molecular weight is 257 g/mol. The van der Waals surface area contributed by atoms with E-state index >= 15 is 0 Å². The van der Waals surface area contributed by atoms with Crippen molar-refractivity contribution >= 4 is 0 Å². The first-order chi connectivity index (χ1) is 9.31. The Morgan fingerprint density at radius 2 is 2.32 bits per heavy atom. The zero-order valence-corrected chi connectivity index (χ0v) is 11.4. The summed E-state index contributed by atoms with van der Waals surface area (Å²) in [5.41, 5.74) is 2.48.